The fraction of sp³-hybridized carbons (Fsp3) is 0.562. The third kappa shape index (κ3) is 2.96. The van der Waals surface area contributed by atoms with E-state index in [0.29, 0.717) is 5.56 Å². The minimum absolute atomic E-state index is 0.181. The van der Waals surface area contributed by atoms with Crippen LogP contribution in [0.1, 0.15) is 32.4 Å². The Labute approximate surface area is 148 Å². The second-order valence-electron chi connectivity index (χ2n) is 7.26. The summed E-state index contributed by atoms with van der Waals surface area (Å²) in [7, 11) is 0. The van der Waals surface area contributed by atoms with Gasteiger partial charge in [0.2, 0.25) is 0 Å². The first-order valence-corrected chi connectivity index (χ1v) is 8.18. The van der Waals surface area contributed by atoms with Crippen molar-refractivity contribution >= 4 is 17.1 Å². The molecule has 3 heterocycles. The SMILES string of the molecule is CC(C)(C)OC(=O)N1[C@H](CO)[C@@H](O)[C@@H](O)[C@H]1c1c[nH]c2c(=O)[nH]cnc12. The van der Waals surface area contributed by atoms with Crippen LogP contribution in [0.3, 0.4) is 0 Å². The van der Waals surface area contributed by atoms with Crippen LogP contribution in [0.25, 0.3) is 11.0 Å². The van der Waals surface area contributed by atoms with Gasteiger partial charge in [0.25, 0.3) is 5.56 Å². The number of likely N-dealkylation sites (tertiary alicyclic amines) is 1. The van der Waals surface area contributed by atoms with Crippen LogP contribution in [0.4, 0.5) is 4.79 Å². The van der Waals surface area contributed by atoms with E-state index in [1.165, 1.54) is 12.5 Å². The Morgan fingerprint density at radius 3 is 2.62 bits per heavy atom. The second-order valence-corrected chi connectivity index (χ2v) is 7.26. The number of aromatic nitrogens is 3. The van der Waals surface area contributed by atoms with Crippen LogP contribution in [-0.4, -0.2) is 71.7 Å². The molecule has 1 fully saturated rings. The topological polar surface area (TPSA) is 152 Å². The number of fused-ring (bicyclic) bond motifs is 1. The van der Waals surface area contributed by atoms with Crippen molar-refractivity contribution in [1.29, 1.82) is 0 Å². The number of ether oxygens (including phenoxy) is 1. The molecule has 1 aliphatic rings. The van der Waals surface area contributed by atoms with Crippen LogP contribution >= 0.6 is 0 Å². The normalized spacial score (nSPS) is 26.5. The molecular formula is C16H22N4O6. The predicted octanol–water partition coefficient (Wildman–Crippen LogP) is -0.374. The molecule has 2 aromatic rings. The van der Waals surface area contributed by atoms with E-state index in [1.807, 2.05) is 0 Å². The summed E-state index contributed by atoms with van der Waals surface area (Å²) >= 11 is 0. The Kier molecular flexibility index (Phi) is 4.51. The quantitative estimate of drug-likeness (QED) is 0.486. The van der Waals surface area contributed by atoms with E-state index in [-0.39, 0.29) is 11.0 Å². The third-order valence-corrected chi connectivity index (χ3v) is 4.33. The molecule has 4 atom stereocenters. The summed E-state index contributed by atoms with van der Waals surface area (Å²) in [6.07, 6.45) is -0.910. The van der Waals surface area contributed by atoms with E-state index in [4.69, 9.17) is 4.74 Å². The number of aliphatic hydroxyl groups is 3. The number of H-pyrrole nitrogens is 2. The molecule has 1 amide bonds. The fourth-order valence-corrected chi connectivity index (χ4v) is 3.24. The first-order valence-electron chi connectivity index (χ1n) is 8.18. The molecule has 0 aliphatic carbocycles. The van der Waals surface area contributed by atoms with Crippen LogP contribution < -0.4 is 5.56 Å². The van der Waals surface area contributed by atoms with E-state index >= 15 is 0 Å². The van der Waals surface area contributed by atoms with Crippen molar-refractivity contribution in [2.24, 2.45) is 0 Å². The van der Waals surface area contributed by atoms with Crippen LogP contribution in [0.5, 0.6) is 0 Å². The standard InChI is InChI=1S/C16H22N4O6/c1-16(2,3)26-15(25)20-8(5-21)12(22)13(23)11(20)7-4-17-10-9(7)18-6-19-14(10)24/h4,6,8,11-13,17,21-23H,5H2,1-3H3,(H,18,19,24)/t8-,11-,12-,13+/m1/s1. The zero-order valence-electron chi connectivity index (χ0n) is 14.6. The van der Waals surface area contributed by atoms with Crippen molar-refractivity contribution in [2.45, 2.75) is 50.7 Å². The third-order valence-electron chi connectivity index (χ3n) is 4.33. The van der Waals surface area contributed by atoms with E-state index in [0.717, 1.165) is 4.90 Å². The number of hydrogen-bond donors (Lipinski definition) is 5. The maximum atomic E-state index is 12.7. The minimum Gasteiger partial charge on any atom is -0.444 e. The van der Waals surface area contributed by atoms with Crippen molar-refractivity contribution < 1.29 is 24.9 Å². The number of hydrogen-bond acceptors (Lipinski definition) is 7. The molecule has 0 spiro atoms. The lowest BCUT2D eigenvalue weighted by molar-refractivity contribution is -0.000805. The summed E-state index contributed by atoms with van der Waals surface area (Å²) in [6, 6.07) is -2.10. The molecule has 0 radical (unpaired) electrons. The van der Waals surface area contributed by atoms with Crippen LogP contribution in [0.2, 0.25) is 0 Å². The molecule has 2 aromatic heterocycles. The molecule has 142 valence electrons. The molecule has 0 saturated carbocycles. The first-order chi connectivity index (χ1) is 12.2. The highest BCUT2D eigenvalue weighted by molar-refractivity contribution is 5.80. The number of rotatable bonds is 2. The summed E-state index contributed by atoms with van der Waals surface area (Å²) in [5, 5.41) is 30.5. The Balaban J connectivity index is 2.10. The number of nitrogens with zero attached hydrogens (tertiary/aromatic N) is 2. The smallest absolute Gasteiger partial charge is 0.411 e. The van der Waals surface area contributed by atoms with Gasteiger partial charge in [0.15, 0.2) is 0 Å². The number of nitrogens with one attached hydrogen (secondary N) is 2. The van der Waals surface area contributed by atoms with Gasteiger partial charge in [0, 0.05) is 11.8 Å². The number of carbonyl (C=O) groups excluding carboxylic acids is 1. The Morgan fingerprint density at radius 1 is 1.31 bits per heavy atom. The molecule has 10 heteroatoms. The zero-order chi connectivity index (χ0) is 19.2. The monoisotopic (exact) mass is 366 g/mol. The van der Waals surface area contributed by atoms with Gasteiger partial charge in [-0.15, -0.1) is 0 Å². The van der Waals surface area contributed by atoms with Gasteiger partial charge < -0.3 is 30.0 Å². The van der Waals surface area contributed by atoms with Crippen LogP contribution in [0.15, 0.2) is 17.3 Å². The van der Waals surface area contributed by atoms with Crippen molar-refractivity contribution in [3.05, 3.63) is 28.4 Å². The summed E-state index contributed by atoms with van der Waals surface area (Å²) in [4.78, 5) is 35.0. The molecule has 0 aromatic carbocycles. The maximum absolute atomic E-state index is 12.7. The highest BCUT2D eigenvalue weighted by Crippen LogP contribution is 2.39. The molecule has 1 aliphatic heterocycles. The lowest BCUT2D eigenvalue weighted by Crippen LogP contribution is -2.45. The number of aliphatic hydroxyl groups excluding tert-OH is 3. The van der Waals surface area contributed by atoms with E-state index < -0.39 is 48.2 Å². The maximum Gasteiger partial charge on any atom is 0.411 e. The molecular weight excluding hydrogens is 344 g/mol. The van der Waals surface area contributed by atoms with Gasteiger partial charge in [-0.05, 0) is 20.8 Å². The van der Waals surface area contributed by atoms with Crippen molar-refractivity contribution in [3.63, 3.8) is 0 Å². The largest absolute Gasteiger partial charge is 0.444 e. The summed E-state index contributed by atoms with van der Waals surface area (Å²) in [5.41, 5.74) is -0.426. The number of carbonyl (C=O) groups is 1. The Hall–Kier alpha value is -2.43. The van der Waals surface area contributed by atoms with Gasteiger partial charge in [-0.25, -0.2) is 9.78 Å². The van der Waals surface area contributed by atoms with Crippen LogP contribution in [0, 0.1) is 0 Å². The zero-order valence-corrected chi connectivity index (χ0v) is 14.6. The lowest BCUT2D eigenvalue weighted by Gasteiger charge is -2.32. The highest BCUT2D eigenvalue weighted by atomic mass is 16.6. The van der Waals surface area contributed by atoms with E-state index in [1.54, 1.807) is 20.8 Å². The molecule has 3 rings (SSSR count). The number of amides is 1. The predicted molar refractivity (Wildman–Crippen MR) is 90.4 cm³/mol. The van der Waals surface area contributed by atoms with Crippen LogP contribution in [-0.2, 0) is 4.74 Å². The minimum atomic E-state index is -1.39. The molecule has 26 heavy (non-hydrogen) atoms. The Bertz CT molecular complexity index is 869. The highest BCUT2D eigenvalue weighted by Gasteiger charge is 2.52. The molecule has 5 N–H and O–H groups in total. The lowest BCUT2D eigenvalue weighted by atomic mass is 10.0. The van der Waals surface area contributed by atoms with Gasteiger partial charge in [-0.1, -0.05) is 0 Å². The molecule has 10 nitrogen and oxygen atoms in total. The number of aromatic amines is 2. The van der Waals surface area contributed by atoms with Gasteiger partial charge in [0.05, 0.1) is 25.0 Å². The first kappa shape index (κ1) is 18.4. The van der Waals surface area contributed by atoms with Gasteiger partial charge in [-0.2, -0.15) is 0 Å². The van der Waals surface area contributed by atoms with E-state index in [2.05, 4.69) is 15.0 Å². The molecule has 1 saturated heterocycles. The van der Waals surface area contributed by atoms with Crippen molar-refractivity contribution in [2.75, 3.05) is 6.61 Å². The fourth-order valence-electron chi connectivity index (χ4n) is 3.24. The van der Waals surface area contributed by atoms with Gasteiger partial charge in [-0.3, -0.25) is 9.69 Å². The second kappa shape index (κ2) is 6.38. The molecule has 0 unspecified atom stereocenters. The average Bonchev–Trinajstić information content (AvgIpc) is 3.07. The summed E-state index contributed by atoms with van der Waals surface area (Å²) < 4.78 is 5.37. The van der Waals surface area contributed by atoms with Crippen molar-refractivity contribution in [1.82, 2.24) is 19.9 Å². The van der Waals surface area contributed by atoms with Gasteiger partial charge >= 0.3 is 6.09 Å². The summed E-state index contributed by atoms with van der Waals surface area (Å²) in [6.45, 7) is 4.49. The van der Waals surface area contributed by atoms with Crippen molar-refractivity contribution in [3.8, 4) is 0 Å². The summed E-state index contributed by atoms with van der Waals surface area (Å²) in [5.74, 6) is 0. The van der Waals surface area contributed by atoms with Gasteiger partial charge in [0.1, 0.15) is 28.8 Å². The average molecular weight is 366 g/mol. The van der Waals surface area contributed by atoms with E-state index in [9.17, 15) is 24.9 Å². The molecule has 0 bridgehead atoms. The Morgan fingerprint density at radius 2 is 2.00 bits per heavy atom.